The Balaban J connectivity index is 1.96. The first kappa shape index (κ1) is 21.9. The fourth-order valence-corrected chi connectivity index (χ4v) is 5.25. The molecule has 1 saturated heterocycles. The number of phenols is 1. The van der Waals surface area contributed by atoms with Crippen LogP contribution >= 0.6 is 0 Å². The summed E-state index contributed by atoms with van der Waals surface area (Å²) in [6.07, 6.45) is 0.307. The molecule has 11 heteroatoms. The summed E-state index contributed by atoms with van der Waals surface area (Å²) in [6, 6.07) is 8.19. The molecule has 3 rings (SSSR count). The molecule has 9 nitrogen and oxygen atoms in total. The topological polar surface area (TPSA) is 133 Å². The van der Waals surface area contributed by atoms with E-state index in [0.717, 1.165) is 21.0 Å². The summed E-state index contributed by atoms with van der Waals surface area (Å²) >= 11 is 0. The van der Waals surface area contributed by atoms with Gasteiger partial charge >= 0.3 is 10.2 Å². The Bertz CT molecular complexity index is 1220. The largest absolute Gasteiger partial charge is 0.506 e. The Morgan fingerprint density at radius 3 is 2.47 bits per heavy atom. The normalized spacial score (nSPS) is 15.8. The van der Waals surface area contributed by atoms with Crippen LogP contribution in [0.4, 0.5) is 11.4 Å². The minimum absolute atomic E-state index is 0.00979. The molecule has 0 aliphatic carbocycles. The number of hydrogen-bond donors (Lipinski definition) is 3. The zero-order valence-corrected chi connectivity index (χ0v) is 18.4. The van der Waals surface area contributed by atoms with Crippen LogP contribution in [0.1, 0.15) is 29.2 Å². The minimum atomic E-state index is -4.03. The number of nitrogens with one attached hydrogen (secondary N) is 2. The van der Waals surface area contributed by atoms with Crippen LogP contribution in [0.2, 0.25) is 0 Å². The standard InChI is InChI=1S/C19H23N3O6S2/c1-4-29(25,26)21-19-13(3)7-12(2)8-15(19)9-14-5-6-16(17(23)10-14)22-11-18(24)20-30(22,27)28/h5-8,10,21,23H,4,9,11H2,1-3H3,(H,20,24). The van der Waals surface area contributed by atoms with Gasteiger partial charge in [-0.15, -0.1) is 0 Å². The van der Waals surface area contributed by atoms with E-state index in [0.29, 0.717) is 17.7 Å². The molecular weight excluding hydrogens is 430 g/mol. The van der Waals surface area contributed by atoms with Gasteiger partial charge in [-0.3, -0.25) is 9.52 Å². The maximum Gasteiger partial charge on any atom is 0.326 e. The van der Waals surface area contributed by atoms with Gasteiger partial charge in [0.15, 0.2) is 0 Å². The van der Waals surface area contributed by atoms with Gasteiger partial charge in [0.2, 0.25) is 10.0 Å². The van der Waals surface area contributed by atoms with Crippen molar-refractivity contribution in [2.45, 2.75) is 27.2 Å². The van der Waals surface area contributed by atoms with Crippen molar-refractivity contribution in [1.29, 1.82) is 0 Å². The lowest BCUT2D eigenvalue weighted by Crippen LogP contribution is -2.29. The summed E-state index contributed by atoms with van der Waals surface area (Å²) in [4.78, 5) is 11.4. The molecule has 1 fully saturated rings. The molecule has 0 bridgehead atoms. The van der Waals surface area contributed by atoms with Gasteiger partial charge in [-0.1, -0.05) is 23.8 Å². The third-order valence-electron chi connectivity index (χ3n) is 4.72. The van der Waals surface area contributed by atoms with Gasteiger partial charge < -0.3 is 5.11 Å². The number of carbonyl (C=O) groups excluding carboxylic acids is 1. The summed E-state index contributed by atoms with van der Waals surface area (Å²) in [6.45, 7) is 4.85. The van der Waals surface area contributed by atoms with Crippen LogP contribution in [0.3, 0.4) is 0 Å². The Kier molecular flexibility index (Phi) is 5.70. The number of aryl methyl sites for hydroxylation is 2. The van der Waals surface area contributed by atoms with Crippen molar-refractivity contribution >= 4 is 37.5 Å². The minimum Gasteiger partial charge on any atom is -0.506 e. The Labute approximate surface area is 176 Å². The number of sulfonamides is 1. The SMILES string of the molecule is CCS(=O)(=O)Nc1c(C)cc(C)cc1Cc1ccc(N2CC(=O)NS2(=O)=O)c(O)c1. The van der Waals surface area contributed by atoms with Crippen molar-refractivity contribution < 1.29 is 26.7 Å². The van der Waals surface area contributed by atoms with Gasteiger partial charge in [-0.25, -0.2) is 17.4 Å². The fourth-order valence-electron chi connectivity index (χ4n) is 3.34. The van der Waals surface area contributed by atoms with E-state index in [4.69, 9.17) is 0 Å². The maximum absolute atomic E-state index is 12.1. The highest BCUT2D eigenvalue weighted by Crippen LogP contribution is 2.33. The molecule has 0 aromatic heterocycles. The number of rotatable bonds is 6. The zero-order valence-electron chi connectivity index (χ0n) is 16.8. The molecular formula is C19H23N3O6S2. The third-order valence-corrected chi connectivity index (χ3v) is 7.39. The number of benzene rings is 2. The van der Waals surface area contributed by atoms with Crippen LogP contribution in [0.5, 0.6) is 5.75 Å². The van der Waals surface area contributed by atoms with Crippen LogP contribution in [0.25, 0.3) is 0 Å². The molecule has 2 aromatic rings. The maximum atomic E-state index is 12.1. The fraction of sp³-hybridized carbons (Fsp3) is 0.316. The van der Waals surface area contributed by atoms with E-state index in [1.807, 2.05) is 30.7 Å². The number of amides is 1. The zero-order chi connectivity index (χ0) is 22.3. The second kappa shape index (κ2) is 7.80. The van der Waals surface area contributed by atoms with E-state index in [9.17, 15) is 26.7 Å². The van der Waals surface area contributed by atoms with Crippen LogP contribution < -0.4 is 13.7 Å². The molecule has 0 unspecified atom stereocenters. The van der Waals surface area contributed by atoms with E-state index in [-0.39, 0.29) is 17.2 Å². The average molecular weight is 454 g/mol. The molecule has 0 saturated carbocycles. The molecule has 1 aliphatic heterocycles. The number of anilines is 2. The number of nitrogens with zero attached hydrogens (tertiary/aromatic N) is 1. The van der Waals surface area contributed by atoms with Crippen LogP contribution in [0, 0.1) is 13.8 Å². The molecule has 0 radical (unpaired) electrons. The van der Waals surface area contributed by atoms with Crippen molar-refractivity contribution in [3.8, 4) is 5.75 Å². The van der Waals surface area contributed by atoms with Gasteiger partial charge in [0.25, 0.3) is 5.91 Å². The first-order valence-corrected chi connectivity index (χ1v) is 12.3. The second-order valence-corrected chi connectivity index (χ2v) is 10.8. The van der Waals surface area contributed by atoms with Crippen molar-refractivity contribution in [3.05, 3.63) is 52.6 Å². The Hall–Kier alpha value is -2.79. The monoisotopic (exact) mass is 453 g/mol. The van der Waals surface area contributed by atoms with Gasteiger partial charge in [0, 0.05) is 0 Å². The second-order valence-electron chi connectivity index (χ2n) is 7.16. The summed E-state index contributed by atoms with van der Waals surface area (Å²) in [5, 5.41) is 10.4. The van der Waals surface area contributed by atoms with Crippen molar-refractivity contribution in [1.82, 2.24) is 4.72 Å². The highest BCUT2D eigenvalue weighted by Gasteiger charge is 2.35. The quantitative estimate of drug-likeness (QED) is 0.608. The first-order chi connectivity index (χ1) is 13.9. The lowest BCUT2D eigenvalue weighted by atomic mass is 9.98. The van der Waals surface area contributed by atoms with Gasteiger partial charge in [-0.2, -0.15) is 8.42 Å². The van der Waals surface area contributed by atoms with Crippen LogP contribution in [0.15, 0.2) is 30.3 Å². The molecule has 1 heterocycles. The van der Waals surface area contributed by atoms with Crippen LogP contribution in [-0.2, 0) is 31.4 Å². The first-order valence-electron chi connectivity index (χ1n) is 9.17. The van der Waals surface area contributed by atoms with E-state index in [1.165, 1.54) is 12.1 Å². The predicted molar refractivity (Wildman–Crippen MR) is 114 cm³/mol. The predicted octanol–water partition coefficient (Wildman–Crippen LogP) is 1.54. The smallest absolute Gasteiger partial charge is 0.326 e. The van der Waals surface area contributed by atoms with E-state index in [2.05, 4.69) is 4.72 Å². The molecule has 162 valence electrons. The van der Waals surface area contributed by atoms with Gasteiger partial charge in [0.1, 0.15) is 12.3 Å². The number of carbonyl (C=O) groups is 1. The summed E-state index contributed by atoms with van der Waals surface area (Å²) < 4.78 is 53.5. The highest BCUT2D eigenvalue weighted by atomic mass is 32.2. The summed E-state index contributed by atoms with van der Waals surface area (Å²) in [7, 11) is -7.51. The van der Waals surface area contributed by atoms with Crippen LogP contribution in [-0.4, -0.2) is 40.1 Å². The summed E-state index contributed by atoms with van der Waals surface area (Å²) in [5.74, 6) is -1.04. The lowest BCUT2D eigenvalue weighted by molar-refractivity contribution is -0.117. The van der Waals surface area contributed by atoms with Gasteiger partial charge in [-0.05, 0) is 56.0 Å². The molecule has 0 atom stereocenters. The third kappa shape index (κ3) is 4.51. The van der Waals surface area contributed by atoms with E-state index in [1.54, 1.807) is 13.0 Å². The lowest BCUT2D eigenvalue weighted by Gasteiger charge is -2.18. The summed E-state index contributed by atoms with van der Waals surface area (Å²) in [5.41, 5.74) is 3.58. The van der Waals surface area contributed by atoms with Crippen molar-refractivity contribution in [2.75, 3.05) is 21.3 Å². The number of aromatic hydroxyl groups is 1. The molecule has 1 amide bonds. The van der Waals surface area contributed by atoms with Crippen molar-refractivity contribution in [3.63, 3.8) is 0 Å². The van der Waals surface area contributed by atoms with E-state index < -0.39 is 32.7 Å². The Morgan fingerprint density at radius 1 is 1.20 bits per heavy atom. The number of hydrogen-bond acceptors (Lipinski definition) is 6. The average Bonchev–Trinajstić information content (AvgIpc) is 2.90. The van der Waals surface area contributed by atoms with E-state index >= 15 is 0 Å². The highest BCUT2D eigenvalue weighted by molar-refractivity contribution is 7.92. The molecule has 0 spiro atoms. The van der Waals surface area contributed by atoms with Gasteiger partial charge in [0.05, 0.1) is 17.1 Å². The Morgan fingerprint density at radius 2 is 1.90 bits per heavy atom. The molecule has 2 aromatic carbocycles. The molecule has 1 aliphatic rings. The number of phenolic OH excluding ortho intramolecular Hbond substituents is 1. The molecule has 30 heavy (non-hydrogen) atoms. The van der Waals surface area contributed by atoms with Crippen molar-refractivity contribution in [2.24, 2.45) is 0 Å². The molecule has 3 N–H and O–H groups in total.